The smallest absolute Gasteiger partial charge is 0.408 e. The van der Waals surface area contributed by atoms with Gasteiger partial charge in [0.25, 0.3) is 0 Å². The van der Waals surface area contributed by atoms with Crippen LogP contribution < -0.4 is 10.6 Å². The van der Waals surface area contributed by atoms with E-state index in [0.29, 0.717) is 5.56 Å². The van der Waals surface area contributed by atoms with E-state index in [-0.39, 0.29) is 25.4 Å². The zero-order valence-electron chi connectivity index (χ0n) is 21.1. The molecule has 3 aromatic rings. The van der Waals surface area contributed by atoms with Crippen LogP contribution in [0.2, 0.25) is 0 Å². The van der Waals surface area contributed by atoms with Crippen LogP contribution in [0.3, 0.4) is 0 Å². The number of alkyl carbamates (subject to hydrolysis) is 1. The lowest BCUT2D eigenvalue weighted by Gasteiger charge is -2.25. The van der Waals surface area contributed by atoms with Crippen molar-refractivity contribution in [1.29, 1.82) is 0 Å². The molecule has 2 unspecified atom stereocenters. The highest BCUT2D eigenvalue weighted by Gasteiger charge is 2.32. The number of carbonyl (C=O) groups is 3. The molecule has 0 fully saturated rings. The molecule has 0 aliphatic carbocycles. The lowest BCUT2D eigenvalue weighted by molar-refractivity contribution is -0.131. The Hall–Kier alpha value is -4.00. The minimum Gasteiger partial charge on any atom is -0.445 e. The summed E-state index contributed by atoms with van der Waals surface area (Å²) in [7, 11) is 0. The number of Topliss-reactive ketones (excluding diaryl/α,β-unsaturated/α-hetero) is 1. The number of hydrogen-bond acceptors (Lipinski definition) is 4. The number of ether oxygens (including phenoxy) is 1. The predicted octanol–water partition coefficient (Wildman–Crippen LogP) is 4.81. The predicted molar refractivity (Wildman–Crippen MR) is 141 cm³/mol. The summed E-state index contributed by atoms with van der Waals surface area (Å²) in [6.45, 7) is 3.59. The van der Waals surface area contributed by atoms with Gasteiger partial charge >= 0.3 is 6.09 Å². The first-order valence-corrected chi connectivity index (χ1v) is 12.4. The van der Waals surface area contributed by atoms with Gasteiger partial charge in [0.15, 0.2) is 12.0 Å². The lowest BCUT2D eigenvalue weighted by atomic mass is 9.95. The van der Waals surface area contributed by atoms with Crippen LogP contribution >= 0.6 is 0 Å². The zero-order valence-corrected chi connectivity index (χ0v) is 21.1. The summed E-state index contributed by atoms with van der Waals surface area (Å²) in [4.78, 5) is 38.8. The highest BCUT2D eigenvalue weighted by molar-refractivity contribution is 5.94. The summed E-state index contributed by atoms with van der Waals surface area (Å²) in [6, 6.07) is 25.1. The van der Waals surface area contributed by atoms with Gasteiger partial charge in [0.2, 0.25) is 5.91 Å². The highest BCUT2D eigenvalue weighted by atomic mass is 19.1. The molecule has 2 N–H and O–H groups in total. The summed E-state index contributed by atoms with van der Waals surface area (Å²) in [5.74, 6) is -1.59. The number of nitrogens with one attached hydrogen (secondary N) is 2. The van der Waals surface area contributed by atoms with Gasteiger partial charge in [-0.05, 0) is 29.0 Å². The Balaban J connectivity index is 1.69. The van der Waals surface area contributed by atoms with Crippen molar-refractivity contribution in [2.45, 2.75) is 51.6 Å². The van der Waals surface area contributed by atoms with Crippen molar-refractivity contribution in [3.05, 3.63) is 108 Å². The van der Waals surface area contributed by atoms with Crippen LogP contribution in [0.1, 0.15) is 30.5 Å². The molecule has 3 atom stereocenters. The van der Waals surface area contributed by atoms with Crippen molar-refractivity contribution in [3.63, 3.8) is 0 Å². The van der Waals surface area contributed by atoms with Gasteiger partial charge in [-0.3, -0.25) is 9.59 Å². The van der Waals surface area contributed by atoms with E-state index in [4.69, 9.17) is 4.74 Å². The van der Waals surface area contributed by atoms with Gasteiger partial charge in [-0.1, -0.05) is 105 Å². The van der Waals surface area contributed by atoms with Crippen molar-refractivity contribution in [1.82, 2.24) is 10.6 Å². The van der Waals surface area contributed by atoms with Crippen LogP contribution in [0.25, 0.3) is 0 Å². The molecule has 0 heterocycles. The average Bonchev–Trinajstić information content (AvgIpc) is 2.91. The van der Waals surface area contributed by atoms with Gasteiger partial charge < -0.3 is 15.4 Å². The number of alkyl halides is 1. The van der Waals surface area contributed by atoms with E-state index in [9.17, 15) is 14.4 Å². The number of halogens is 1. The standard InChI is InChI=1S/C30H33FN2O4/c1-21(2)27(33-30(36)37-20-24-16-10-5-11-17-24)29(35)32-26(19-23-14-8-4-9-15-23)28(34)25(31)18-22-12-6-3-7-13-22/h3-17,21,25-27H,18-20H2,1-2H3,(H,32,35)(H,33,36)/t25?,26?,27-/m0/s1. The van der Waals surface area contributed by atoms with Gasteiger partial charge in [-0.2, -0.15) is 0 Å². The fourth-order valence-electron chi connectivity index (χ4n) is 3.90. The minimum atomic E-state index is -1.79. The van der Waals surface area contributed by atoms with Gasteiger partial charge in [0, 0.05) is 6.42 Å². The van der Waals surface area contributed by atoms with E-state index in [1.807, 2.05) is 66.7 Å². The molecule has 0 aliphatic rings. The molecule has 2 amide bonds. The molecule has 0 bridgehead atoms. The Labute approximate surface area is 217 Å². The first kappa shape index (κ1) is 27.6. The Morgan fingerprint density at radius 3 is 1.73 bits per heavy atom. The van der Waals surface area contributed by atoms with Crippen LogP contribution in [-0.2, 0) is 33.8 Å². The maximum absolute atomic E-state index is 15.1. The van der Waals surface area contributed by atoms with Crippen molar-refractivity contribution in [3.8, 4) is 0 Å². The number of carbonyl (C=O) groups excluding carboxylic acids is 3. The third-order valence-corrected chi connectivity index (χ3v) is 5.94. The van der Waals surface area contributed by atoms with Crippen LogP contribution in [-0.4, -0.2) is 36.0 Å². The van der Waals surface area contributed by atoms with Gasteiger partial charge in [-0.15, -0.1) is 0 Å². The van der Waals surface area contributed by atoms with E-state index in [0.717, 1.165) is 11.1 Å². The Kier molecular flexibility index (Phi) is 10.4. The first-order chi connectivity index (χ1) is 17.8. The third-order valence-electron chi connectivity index (χ3n) is 5.94. The molecule has 0 saturated carbocycles. The molecule has 6 nitrogen and oxygen atoms in total. The molecule has 0 radical (unpaired) electrons. The van der Waals surface area contributed by atoms with Crippen LogP contribution in [0.5, 0.6) is 0 Å². The van der Waals surface area contributed by atoms with E-state index < -0.39 is 36.0 Å². The van der Waals surface area contributed by atoms with Crippen LogP contribution in [0.4, 0.5) is 9.18 Å². The fourth-order valence-corrected chi connectivity index (χ4v) is 3.90. The Bertz CT molecular complexity index is 1140. The summed E-state index contributed by atoms with van der Waals surface area (Å²) < 4.78 is 20.4. The number of rotatable bonds is 12. The SMILES string of the molecule is CC(C)[C@H](NC(=O)OCc1ccccc1)C(=O)NC(Cc1ccccc1)C(=O)C(F)Cc1ccccc1. The van der Waals surface area contributed by atoms with Crippen molar-refractivity contribution in [2.75, 3.05) is 0 Å². The first-order valence-electron chi connectivity index (χ1n) is 12.4. The average molecular weight is 505 g/mol. The molecule has 0 aliphatic heterocycles. The summed E-state index contributed by atoms with van der Waals surface area (Å²) in [5, 5.41) is 5.28. The molecule has 3 rings (SSSR count). The summed E-state index contributed by atoms with van der Waals surface area (Å²) in [5.41, 5.74) is 2.28. The molecule has 194 valence electrons. The quantitative estimate of drug-likeness (QED) is 0.371. The summed E-state index contributed by atoms with van der Waals surface area (Å²) >= 11 is 0. The maximum atomic E-state index is 15.1. The second-order valence-corrected chi connectivity index (χ2v) is 9.24. The van der Waals surface area contributed by atoms with Crippen LogP contribution in [0.15, 0.2) is 91.0 Å². The number of ketones is 1. The van der Waals surface area contributed by atoms with Crippen molar-refractivity contribution >= 4 is 17.8 Å². The highest BCUT2D eigenvalue weighted by Crippen LogP contribution is 2.13. The molecule has 0 saturated heterocycles. The van der Waals surface area contributed by atoms with E-state index in [1.165, 1.54) is 0 Å². The minimum absolute atomic E-state index is 0.0528. The molecule has 3 aromatic carbocycles. The normalized spacial score (nSPS) is 13.3. The molecule has 7 heteroatoms. The Morgan fingerprint density at radius 2 is 1.22 bits per heavy atom. The Morgan fingerprint density at radius 1 is 0.730 bits per heavy atom. The fraction of sp³-hybridized carbons (Fsp3) is 0.300. The van der Waals surface area contributed by atoms with Crippen molar-refractivity contribution < 1.29 is 23.5 Å². The van der Waals surface area contributed by atoms with Crippen molar-refractivity contribution in [2.24, 2.45) is 5.92 Å². The van der Waals surface area contributed by atoms with E-state index in [2.05, 4.69) is 10.6 Å². The number of amides is 2. The largest absolute Gasteiger partial charge is 0.445 e. The number of hydrogen-bond donors (Lipinski definition) is 2. The van der Waals surface area contributed by atoms with Crippen LogP contribution in [0, 0.1) is 5.92 Å². The van der Waals surface area contributed by atoms with Gasteiger partial charge in [0.05, 0.1) is 6.04 Å². The molecule has 0 aromatic heterocycles. The third kappa shape index (κ3) is 8.86. The molecule has 37 heavy (non-hydrogen) atoms. The van der Waals surface area contributed by atoms with Gasteiger partial charge in [0.1, 0.15) is 12.6 Å². The molecule has 0 spiro atoms. The zero-order chi connectivity index (χ0) is 26.6. The molecular weight excluding hydrogens is 471 g/mol. The van der Waals surface area contributed by atoms with E-state index in [1.54, 1.807) is 38.1 Å². The lowest BCUT2D eigenvalue weighted by Crippen LogP contribution is -2.55. The second-order valence-electron chi connectivity index (χ2n) is 9.24. The number of benzene rings is 3. The van der Waals surface area contributed by atoms with E-state index >= 15 is 4.39 Å². The summed E-state index contributed by atoms with van der Waals surface area (Å²) in [6.07, 6.45) is -2.50. The monoisotopic (exact) mass is 504 g/mol. The van der Waals surface area contributed by atoms with Gasteiger partial charge in [-0.25, -0.2) is 9.18 Å². The maximum Gasteiger partial charge on any atom is 0.408 e. The topological polar surface area (TPSA) is 84.5 Å². The second kappa shape index (κ2) is 13.9. The molecular formula is C30H33FN2O4.